The number of hydrogen-bond donors (Lipinski definition) is 0. The zero-order chi connectivity index (χ0) is 34.1. The normalized spacial score (nSPS) is 11.2. The van der Waals surface area contributed by atoms with Crippen LogP contribution in [0.4, 0.5) is 34.1 Å². The van der Waals surface area contributed by atoms with E-state index in [1.807, 2.05) is 11.3 Å². The number of hydrogen-bond acceptors (Lipinski definition) is 4. The SMILES string of the molecule is Cc1cc(N(c2ccccc2)c2ccc3c(-c4ccccc4)c(-c4ccccc4)sc3c2)cc(N(c2ccccc2)c2csc3ccccc23)c1. The van der Waals surface area contributed by atoms with Crippen molar-refractivity contribution in [2.75, 3.05) is 9.80 Å². The van der Waals surface area contributed by atoms with Gasteiger partial charge in [0.05, 0.1) is 5.69 Å². The molecule has 0 spiro atoms. The van der Waals surface area contributed by atoms with E-state index in [4.69, 9.17) is 0 Å². The van der Waals surface area contributed by atoms with Crippen LogP contribution in [0.15, 0.2) is 187 Å². The predicted octanol–water partition coefficient (Wildman–Crippen LogP) is 14.7. The van der Waals surface area contributed by atoms with Crippen molar-refractivity contribution in [2.45, 2.75) is 6.92 Å². The molecule has 4 heteroatoms. The molecule has 2 aromatic heterocycles. The van der Waals surface area contributed by atoms with Gasteiger partial charge in [0, 0.05) is 64.4 Å². The Bertz CT molecular complexity index is 2590. The summed E-state index contributed by atoms with van der Waals surface area (Å²) in [5.41, 5.74) is 11.7. The highest BCUT2D eigenvalue weighted by atomic mass is 32.1. The summed E-state index contributed by atoms with van der Waals surface area (Å²) >= 11 is 3.66. The highest BCUT2D eigenvalue weighted by Crippen LogP contribution is 2.48. The topological polar surface area (TPSA) is 6.48 Å². The molecule has 2 heterocycles. The molecule has 7 aromatic carbocycles. The first-order valence-corrected chi connectivity index (χ1v) is 18.9. The van der Waals surface area contributed by atoms with Crippen molar-refractivity contribution in [3.63, 3.8) is 0 Å². The first-order valence-electron chi connectivity index (χ1n) is 17.2. The predicted molar refractivity (Wildman–Crippen MR) is 222 cm³/mol. The highest BCUT2D eigenvalue weighted by molar-refractivity contribution is 7.23. The number of para-hydroxylation sites is 2. The lowest BCUT2D eigenvalue weighted by Gasteiger charge is -2.30. The third-order valence-electron chi connectivity index (χ3n) is 9.32. The van der Waals surface area contributed by atoms with E-state index >= 15 is 0 Å². The molecule has 0 aliphatic heterocycles. The molecular formula is C47H34N2S2. The second-order valence-corrected chi connectivity index (χ2v) is 14.7. The van der Waals surface area contributed by atoms with Gasteiger partial charge in [-0.2, -0.15) is 0 Å². The summed E-state index contributed by atoms with van der Waals surface area (Å²) in [6.45, 7) is 2.20. The minimum absolute atomic E-state index is 1.11. The van der Waals surface area contributed by atoms with E-state index in [0.29, 0.717) is 0 Å². The molecule has 0 N–H and O–H groups in total. The van der Waals surface area contributed by atoms with Crippen molar-refractivity contribution < 1.29 is 0 Å². The Morgan fingerprint density at radius 3 is 1.67 bits per heavy atom. The fourth-order valence-corrected chi connectivity index (χ4v) is 9.27. The second-order valence-electron chi connectivity index (χ2n) is 12.7. The molecule has 0 amide bonds. The molecular weight excluding hydrogens is 657 g/mol. The van der Waals surface area contributed by atoms with E-state index in [1.165, 1.54) is 53.0 Å². The quantitative estimate of drug-likeness (QED) is 0.157. The minimum Gasteiger partial charge on any atom is -0.310 e. The summed E-state index contributed by atoms with van der Waals surface area (Å²) in [6.07, 6.45) is 0. The number of benzene rings is 7. The first kappa shape index (κ1) is 31.1. The van der Waals surface area contributed by atoms with E-state index in [2.05, 4.69) is 204 Å². The van der Waals surface area contributed by atoms with Gasteiger partial charge in [0.25, 0.3) is 0 Å². The van der Waals surface area contributed by atoms with Gasteiger partial charge in [0.15, 0.2) is 0 Å². The summed E-state index contributed by atoms with van der Waals surface area (Å²) in [4.78, 5) is 6.09. The van der Waals surface area contributed by atoms with Crippen molar-refractivity contribution in [1.82, 2.24) is 0 Å². The first-order chi connectivity index (χ1) is 25.2. The van der Waals surface area contributed by atoms with Crippen molar-refractivity contribution >= 4 is 77.0 Å². The van der Waals surface area contributed by atoms with E-state index in [1.54, 1.807) is 11.3 Å². The third-order valence-corrected chi connectivity index (χ3v) is 11.5. The standard InChI is InChI=1S/C47H34N2S2/c1-33-28-39(30-40(29-33)49(37-22-12-5-13-23-37)43-32-50-44-25-15-14-24-41(43)44)48(36-20-10-4-11-21-36)38-26-27-42-45(31-38)51-47(35-18-8-3-9-19-35)46(42)34-16-6-2-7-17-34/h2-32H,1H3. The maximum absolute atomic E-state index is 2.40. The molecule has 0 atom stereocenters. The summed E-state index contributed by atoms with van der Waals surface area (Å²) in [6, 6.07) is 65.6. The van der Waals surface area contributed by atoms with Crippen molar-refractivity contribution in [3.05, 3.63) is 193 Å². The molecule has 51 heavy (non-hydrogen) atoms. The fourth-order valence-electron chi connectivity index (χ4n) is 7.08. The van der Waals surface area contributed by atoms with E-state index in [9.17, 15) is 0 Å². The van der Waals surface area contributed by atoms with Crippen LogP contribution in [0.5, 0.6) is 0 Å². The lowest BCUT2D eigenvalue weighted by atomic mass is 9.98. The zero-order valence-electron chi connectivity index (χ0n) is 28.1. The molecule has 9 aromatic rings. The molecule has 0 aliphatic carbocycles. The van der Waals surface area contributed by atoms with Crippen LogP contribution in [0, 0.1) is 6.92 Å². The molecule has 0 aliphatic rings. The molecule has 9 rings (SSSR count). The van der Waals surface area contributed by atoms with Crippen LogP contribution in [0.1, 0.15) is 5.56 Å². The van der Waals surface area contributed by atoms with Crippen molar-refractivity contribution in [1.29, 1.82) is 0 Å². The zero-order valence-corrected chi connectivity index (χ0v) is 29.7. The van der Waals surface area contributed by atoms with Crippen LogP contribution in [0.2, 0.25) is 0 Å². The minimum atomic E-state index is 1.11. The van der Waals surface area contributed by atoms with Crippen molar-refractivity contribution in [2.24, 2.45) is 0 Å². The number of rotatable bonds is 8. The Balaban J connectivity index is 1.23. The fraction of sp³-hybridized carbons (Fsp3) is 0.0213. The van der Waals surface area contributed by atoms with Gasteiger partial charge in [-0.3, -0.25) is 0 Å². The smallest absolute Gasteiger partial charge is 0.0647 e. The number of thiophene rings is 2. The second kappa shape index (κ2) is 13.4. The van der Waals surface area contributed by atoms with E-state index in [0.717, 1.165) is 28.4 Å². The molecule has 0 radical (unpaired) electrons. The van der Waals surface area contributed by atoms with Crippen LogP contribution >= 0.6 is 22.7 Å². The molecule has 0 saturated heterocycles. The van der Waals surface area contributed by atoms with Crippen molar-refractivity contribution in [3.8, 4) is 21.6 Å². The molecule has 0 unspecified atom stereocenters. The van der Waals surface area contributed by atoms with E-state index in [-0.39, 0.29) is 0 Å². The summed E-state index contributed by atoms with van der Waals surface area (Å²) in [5.74, 6) is 0. The third kappa shape index (κ3) is 5.89. The number of fused-ring (bicyclic) bond motifs is 2. The summed E-state index contributed by atoms with van der Waals surface area (Å²) in [5, 5.41) is 4.81. The summed E-state index contributed by atoms with van der Waals surface area (Å²) < 4.78 is 2.54. The lowest BCUT2D eigenvalue weighted by Crippen LogP contribution is -2.13. The summed E-state index contributed by atoms with van der Waals surface area (Å²) in [7, 11) is 0. The maximum atomic E-state index is 2.40. The van der Waals surface area contributed by atoms with Gasteiger partial charge in [-0.25, -0.2) is 0 Å². The van der Waals surface area contributed by atoms with Gasteiger partial charge >= 0.3 is 0 Å². The van der Waals surface area contributed by atoms with Crippen LogP contribution in [0.25, 0.3) is 41.7 Å². The van der Waals surface area contributed by atoms with Crippen LogP contribution < -0.4 is 9.80 Å². The van der Waals surface area contributed by atoms with Crippen LogP contribution in [0.3, 0.4) is 0 Å². The largest absolute Gasteiger partial charge is 0.310 e. The monoisotopic (exact) mass is 690 g/mol. The van der Waals surface area contributed by atoms with Gasteiger partial charge in [0.2, 0.25) is 0 Å². The van der Waals surface area contributed by atoms with Gasteiger partial charge < -0.3 is 9.80 Å². The Kier molecular flexibility index (Phi) is 8.17. The number of anilines is 6. The average Bonchev–Trinajstić information content (AvgIpc) is 3.78. The Morgan fingerprint density at radius 2 is 0.980 bits per heavy atom. The molecule has 0 saturated carbocycles. The number of aryl methyl sites for hydroxylation is 1. The Labute approximate surface area is 306 Å². The lowest BCUT2D eigenvalue weighted by molar-refractivity contribution is 1.24. The Morgan fingerprint density at radius 1 is 0.412 bits per heavy atom. The number of nitrogens with zero attached hydrogens (tertiary/aromatic N) is 2. The molecule has 244 valence electrons. The van der Waals surface area contributed by atoms with Gasteiger partial charge in [-0.1, -0.05) is 121 Å². The average molecular weight is 691 g/mol. The van der Waals surface area contributed by atoms with Gasteiger partial charge in [-0.15, -0.1) is 22.7 Å². The maximum Gasteiger partial charge on any atom is 0.0647 e. The van der Waals surface area contributed by atoms with E-state index < -0.39 is 0 Å². The molecule has 0 bridgehead atoms. The van der Waals surface area contributed by atoms with Gasteiger partial charge in [0.1, 0.15) is 0 Å². The van der Waals surface area contributed by atoms with Crippen LogP contribution in [-0.4, -0.2) is 0 Å². The molecule has 0 fully saturated rings. The highest BCUT2D eigenvalue weighted by Gasteiger charge is 2.22. The Hall–Kier alpha value is -5.94. The molecule has 2 nitrogen and oxygen atoms in total. The van der Waals surface area contributed by atoms with Gasteiger partial charge in [-0.05, 0) is 84.3 Å². The van der Waals surface area contributed by atoms with Crippen LogP contribution in [-0.2, 0) is 0 Å².